The minimum Gasteiger partial charge on any atom is -0.441 e. The fourth-order valence-corrected chi connectivity index (χ4v) is 3.29. The molecule has 0 unspecified atom stereocenters. The fourth-order valence-electron chi connectivity index (χ4n) is 3.29. The van der Waals surface area contributed by atoms with E-state index in [1.54, 1.807) is 19.1 Å². The summed E-state index contributed by atoms with van der Waals surface area (Å²) in [5, 5.41) is 0. The highest BCUT2D eigenvalue weighted by Crippen LogP contribution is 2.21. The number of aryl methyl sites for hydroxylation is 1. The summed E-state index contributed by atoms with van der Waals surface area (Å²) in [7, 11) is 0. The van der Waals surface area contributed by atoms with Crippen molar-refractivity contribution in [1.29, 1.82) is 0 Å². The predicted molar refractivity (Wildman–Crippen MR) is 99.9 cm³/mol. The lowest BCUT2D eigenvalue weighted by Crippen LogP contribution is -2.38. The Bertz CT molecular complexity index is 819. The summed E-state index contributed by atoms with van der Waals surface area (Å²) < 4.78 is 5.53. The van der Waals surface area contributed by atoms with Crippen molar-refractivity contribution in [3.63, 3.8) is 0 Å². The van der Waals surface area contributed by atoms with Crippen molar-refractivity contribution in [3.05, 3.63) is 29.7 Å². The van der Waals surface area contributed by atoms with Crippen molar-refractivity contribution >= 4 is 22.9 Å². The van der Waals surface area contributed by atoms with E-state index < -0.39 is 0 Å². The fraction of sp³-hybridized carbons (Fsp3) is 0.550. The molecule has 6 heteroatoms. The van der Waals surface area contributed by atoms with Gasteiger partial charge in [0.05, 0.1) is 0 Å². The highest BCUT2D eigenvalue weighted by atomic mass is 16.3. The number of hydrogen-bond acceptors (Lipinski definition) is 4. The second-order valence-corrected chi connectivity index (χ2v) is 8.18. The van der Waals surface area contributed by atoms with Crippen molar-refractivity contribution in [2.24, 2.45) is 5.41 Å². The molecule has 6 nitrogen and oxygen atoms in total. The van der Waals surface area contributed by atoms with E-state index >= 15 is 0 Å². The Balaban J connectivity index is 1.67. The average Bonchev–Trinajstić information content (AvgIpc) is 2.76. The van der Waals surface area contributed by atoms with Gasteiger partial charge in [0, 0.05) is 45.1 Å². The zero-order valence-electron chi connectivity index (χ0n) is 16.0. The summed E-state index contributed by atoms with van der Waals surface area (Å²) >= 11 is 0. The van der Waals surface area contributed by atoms with Crippen LogP contribution in [-0.2, 0) is 4.79 Å². The van der Waals surface area contributed by atoms with Gasteiger partial charge in [-0.1, -0.05) is 20.8 Å². The monoisotopic (exact) mass is 357 g/mol. The molecule has 0 radical (unpaired) electrons. The van der Waals surface area contributed by atoms with Crippen molar-refractivity contribution in [3.8, 4) is 0 Å². The molecule has 1 aliphatic rings. The first kappa shape index (κ1) is 18.4. The molecule has 26 heavy (non-hydrogen) atoms. The molecule has 1 fully saturated rings. The minimum absolute atomic E-state index is 0.0222. The van der Waals surface area contributed by atoms with Crippen LogP contribution >= 0.6 is 0 Å². The van der Waals surface area contributed by atoms with Crippen LogP contribution in [0.4, 0.5) is 0 Å². The number of nitrogens with zero attached hydrogens (tertiary/aromatic N) is 3. The van der Waals surface area contributed by atoms with E-state index in [9.17, 15) is 9.59 Å². The topological polar surface area (TPSA) is 66.7 Å². The van der Waals surface area contributed by atoms with E-state index in [1.165, 1.54) is 0 Å². The molecule has 0 aliphatic carbocycles. The summed E-state index contributed by atoms with van der Waals surface area (Å²) in [6.45, 7) is 10.5. The van der Waals surface area contributed by atoms with Crippen LogP contribution in [0.2, 0.25) is 0 Å². The number of hydrogen-bond donors (Lipinski definition) is 0. The first-order valence-electron chi connectivity index (χ1n) is 9.17. The van der Waals surface area contributed by atoms with Crippen LogP contribution in [0, 0.1) is 12.3 Å². The molecule has 3 rings (SSSR count). The van der Waals surface area contributed by atoms with Gasteiger partial charge in [-0.25, -0.2) is 4.98 Å². The van der Waals surface area contributed by atoms with E-state index in [4.69, 9.17) is 4.42 Å². The zero-order chi connectivity index (χ0) is 18.9. The summed E-state index contributed by atoms with van der Waals surface area (Å²) in [5.74, 6) is 0.740. The molecule has 0 N–H and O–H groups in total. The molecule has 0 saturated carbocycles. The van der Waals surface area contributed by atoms with Gasteiger partial charge < -0.3 is 14.2 Å². The van der Waals surface area contributed by atoms with Gasteiger partial charge in [-0.05, 0) is 30.0 Å². The third-order valence-corrected chi connectivity index (χ3v) is 4.56. The van der Waals surface area contributed by atoms with E-state index in [0.717, 1.165) is 11.9 Å². The molecule has 0 bridgehead atoms. The molecular weight excluding hydrogens is 330 g/mol. The normalized spacial score (nSPS) is 16.0. The second-order valence-electron chi connectivity index (χ2n) is 8.18. The van der Waals surface area contributed by atoms with Crippen LogP contribution in [0.15, 0.2) is 22.6 Å². The third-order valence-electron chi connectivity index (χ3n) is 4.56. The van der Waals surface area contributed by atoms with Crippen molar-refractivity contribution < 1.29 is 14.0 Å². The third kappa shape index (κ3) is 4.23. The number of carbonyl (C=O) groups is 2. The number of rotatable bonds is 2. The Morgan fingerprint density at radius 3 is 2.54 bits per heavy atom. The highest BCUT2D eigenvalue weighted by molar-refractivity contribution is 5.97. The molecule has 1 aliphatic heterocycles. The van der Waals surface area contributed by atoms with Crippen LogP contribution in [0.5, 0.6) is 0 Å². The summed E-state index contributed by atoms with van der Waals surface area (Å²) in [6, 6.07) is 5.36. The van der Waals surface area contributed by atoms with E-state index in [0.29, 0.717) is 49.6 Å². The van der Waals surface area contributed by atoms with Crippen LogP contribution in [-0.4, -0.2) is 52.8 Å². The SMILES string of the molecule is Cc1nc2ccc(C(=O)N3CCCN(C(=O)CC(C)(C)C)CC3)cc2o1. The summed E-state index contributed by atoms with van der Waals surface area (Å²) in [5.41, 5.74) is 1.96. The van der Waals surface area contributed by atoms with Gasteiger partial charge in [0.25, 0.3) is 5.91 Å². The maximum atomic E-state index is 12.9. The Labute approximate surface area is 154 Å². The van der Waals surface area contributed by atoms with Crippen molar-refractivity contribution in [2.45, 2.75) is 40.5 Å². The van der Waals surface area contributed by atoms with E-state index in [1.807, 2.05) is 15.9 Å². The number of benzene rings is 1. The smallest absolute Gasteiger partial charge is 0.254 e. The number of carbonyl (C=O) groups excluding carboxylic acids is 2. The van der Waals surface area contributed by atoms with Gasteiger partial charge in [0.15, 0.2) is 11.5 Å². The number of amides is 2. The Morgan fingerprint density at radius 1 is 1.12 bits per heavy atom. The molecule has 1 saturated heterocycles. The Kier molecular flexibility index (Phi) is 5.03. The van der Waals surface area contributed by atoms with Crippen LogP contribution in [0.25, 0.3) is 11.1 Å². The second kappa shape index (κ2) is 7.09. The van der Waals surface area contributed by atoms with Crippen LogP contribution in [0.3, 0.4) is 0 Å². The molecule has 2 heterocycles. The first-order chi connectivity index (χ1) is 12.2. The number of aromatic nitrogens is 1. The van der Waals surface area contributed by atoms with Gasteiger partial charge in [-0.3, -0.25) is 9.59 Å². The molecule has 0 atom stereocenters. The average molecular weight is 357 g/mol. The lowest BCUT2D eigenvalue weighted by molar-refractivity contribution is -0.132. The van der Waals surface area contributed by atoms with E-state index in [-0.39, 0.29) is 17.2 Å². The van der Waals surface area contributed by atoms with Crippen LogP contribution < -0.4 is 0 Å². The van der Waals surface area contributed by atoms with Gasteiger partial charge in [-0.15, -0.1) is 0 Å². The zero-order valence-corrected chi connectivity index (χ0v) is 16.0. The Morgan fingerprint density at radius 2 is 1.81 bits per heavy atom. The summed E-state index contributed by atoms with van der Waals surface area (Å²) in [4.78, 5) is 33.3. The molecule has 1 aromatic heterocycles. The summed E-state index contributed by atoms with van der Waals surface area (Å²) in [6.07, 6.45) is 1.33. The molecule has 0 spiro atoms. The van der Waals surface area contributed by atoms with E-state index in [2.05, 4.69) is 25.8 Å². The van der Waals surface area contributed by atoms with Crippen LogP contribution in [0.1, 0.15) is 49.9 Å². The van der Waals surface area contributed by atoms with Crippen molar-refractivity contribution in [2.75, 3.05) is 26.2 Å². The standard InChI is InChI=1S/C20H27N3O3/c1-14-21-16-7-6-15(12-17(16)26-14)19(25)23-9-5-8-22(10-11-23)18(24)13-20(2,3)4/h6-7,12H,5,8-11,13H2,1-4H3. The molecule has 1 aromatic carbocycles. The predicted octanol–water partition coefficient (Wildman–Crippen LogP) is 3.25. The van der Waals surface area contributed by atoms with Gasteiger partial charge in [0.2, 0.25) is 5.91 Å². The maximum absolute atomic E-state index is 12.9. The van der Waals surface area contributed by atoms with Gasteiger partial charge in [-0.2, -0.15) is 0 Å². The lowest BCUT2D eigenvalue weighted by atomic mass is 9.91. The quantitative estimate of drug-likeness (QED) is 0.827. The van der Waals surface area contributed by atoms with Crippen molar-refractivity contribution in [1.82, 2.24) is 14.8 Å². The number of fused-ring (bicyclic) bond motifs is 1. The van der Waals surface area contributed by atoms with Gasteiger partial charge >= 0.3 is 0 Å². The van der Waals surface area contributed by atoms with Gasteiger partial charge in [0.1, 0.15) is 5.52 Å². The maximum Gasteiger partial charge on any atom is 0.254 e. The molecule has 140 valence electrons. The molecule has 2 aromatic rings. The number of oxazole rings is 1. The lowest BCUT2D eigenvalue weighted by Gasteiger charge is -2.25. The molecule has 2 amide bonds. The largest absolute Gasteiger partial charge is 0.441 e. The first-order valence-corrected chi connectivity index (χ1v) is 9.17. The highest BCUT2D eigenvalue weighted by Gasteiger charge is 2.25. The Hall–Kier alpha value is -2.37. The minimum atomic E-state index is -0.0243. The molecular formula is C20H27N3O3.